The predicted molar refractivity (Wildman–Crippen MR) is 77.0 cm³/mol. The minimum atomic E-state index is 0.772. The first-order chi connectivity index (χ1) is 8.69. The molecule has 1 aromatic carbocycles. The van der Waals surface area contributed by atoms with Crippen LogP contribution in [0.3, 0.4) is 0 Å². The Kier molecular flexibility index (Phi) is 4.20. The molecule has 18 heavy (non-hydrogen) atoms. The standard InChI is InChI=1S/C14H15BrN2O/c1-10-7-11(3-5-13(10)18-2)8-16-12-4-6-14(15)17-9-12/h3-7,9,16H,8H2,1-2H3. The third kappa shape index (κ3) is 3.23. The van der Waals surface area contributed by atoms with Gasteiger partial charge in [0.15, 0.2) is 0 Å². The minimum absolute atomic E-state index is 0.772. The topological polar surface area (TPSA) is 34.1 Å². The highest BCUT2D eigenvalue weighted by atomic mass is 79.9. The number of methoxy groups -OCH3 is 1. The van der Waals surface area contributed by atoms with E-state index in [0.29, 0.717) is 0 Å². The first-order valence-corrected chi connectivity index (χ1v) is 6.47. The van der Waals surface area contributed by atoms with E-state index >= 15 is 0 Å². The highest BCUT2D eigenvalue weighted by Crippen LogP contribution is 2.19. The lowest BCUT2D eigenvalue weighted by molar-refractivity contribution is 0.411. The van der Waals surface area contributed by atoms with E-state index in [0.717, 1.165) is 28.1 Å². The molecule has 0 aliphatic rings. The van der Waals surface area contributed by atoms with E-state index in [4.69, 9.17) is 4.74 Å². The van der Waals surface area contributed by atoms with Crippen LogP contribution in [0, 0.1) is 6.92 Å². The fourth-order valence-electron chi connectivity index (χ4n) is 1.74. The third-order valence-corrected chi connectivity index (χ3v) is 3.15. The van der Waals surface area contributed by atoms with E-state index in [1.807, 2.05) is 25.1 Å². The summed E-state index contributed by atoms with van der Waals surface area (Å²) < 4.78 is 6.08. The highest BCUT2D eigenvalue weighted by Gasteiger charge is 2.00. The molecule has 0 unspecified atom stereocenters. The Balaban J connectivity index is 2.02. The van der Waals surface area contributed by atoms with Gasteiger partial charge in [-0.2, -0.15) is 0 Å². The number of aryl methyl sites for hydroxylation is 1. The molecule has 3 nitrogen and oxygen atoms in total. The van der Waals surface area contributed by atoms with Crippen LogP contribution in [0.25, 0.3) is 0 Å². The zero-order valence-electron chi connectivity index (χ0n) is 10.4. The van der Waals surface area contributed by atoms with Crippen molar-refractivity contribution >= 4 is 21.6 Å². The van der Waals surface area contributed by atoms with Crippen LogP contribution in [0.1, 0.15) is 11.1 Å². The number of pyridine rings is 1. The molecule has 0 spiro atoms. The van der Waals surface area contributed by atoms with Crippen LogP contribution >= 0.6 is 15.9 Å². The Morgan fingerprint density at radius 3 is 2.72 bits per heavy atom. The van der Waals surface area contributed by atoms with Gasteiger partial charge in [-0.3, -0.25) is 0 Å². The zero-order chi connectivity index (χ0) is 13.0. The smallest absolute Gasteiger partial charge is 0.121 e. The molecule has 1 aromatic heterocycles. The van der Waals surface area contributed by atoms with Crippen LogP contribution in [0.15, 0.2) is 41.1 Å². The van der Waals surface area contributed by atoms with Gasteiger partial charge in [-0.1, -0.05) is 12.1 Å². The van der Waals surface area contributed by atoms with Gasteiger partial charge < -0.3 is 10.1 Å². The van der Waals surface area contributed by atoms with Crippen molar-refractivity contribution in [3.63, 3.8) is 0 Å². The van der Waals surface area contributed by atoms with Gasteiger partial charge in [0, 0.05) is 6.54 Å². The number of nitrogens with zero attached hydrogens (tertiary/aromatic N) is 1. The number of benzene rings is 1. The molecule has 0 aliphatic carbocycles. The minimum Gasteiger partial charge on any atom is -0.496 e. The normalized spacial score (nSPS) is 10.2. The van der Waals surface area contributed by atoms with Crippen molar-refractivity contribution in [3.05, 3.63) is 52.3 Å². The van der Waals surface area contributed by atoms with Crippen molar-refractivity contribution in [1.29, 1.82) is 0 Å². The maximum absolute atomic E-state index is 5.24. The molecule has 0 radical (unpaired) electrons. The second kappa shape index (κ2) is 5.87. The molecule has 0 aliphatic heterocycles. The van der Waals surface area contributed by atoms with Gasteiger partial charge in [0.25, 0.3) is 0 Å². The summed E-state index contributed by atoms with van der Waals surface area (Å²) in [5.41, 5.74) is 3.37. The number of hydrogen-bond acceptors (Lipinski definition) is 3. The number of nitrogens with one attached hydrogen (secondary N) is 1. The maximum atomic E-state index is 5.24. The molecule has 0 amide bonds. The summed E-state index contributed by atoms with van der Waals surface area (Å²) in [4.78, 5) is 4.17. The maximum Gasteiger partial charge on any atom is 0.121 e. The molecular formula is C14H15BrN2O. The largest absolute Gasteiger partial charge is 0.496 e. The van der Waals surface area contributed by atoms with E-state index in [2.05, 4.69) is 38.4 Å². The van der Waals surface area contributed by atoms with E-state index in [-0.39, 0.29) is 0 Å². The Hall–Kier alpha value is -1.55. The summed E-state index contributed by atoms with van der Waals surface area (Å²) in [6.45, 7) is 2.82. The van der Waals surface area contributed by atoms with Gasteiger partial charge in [0.1, 0.15) is 10.4 Å². The lowest BCUT2D eigenvalue weighted by Gasteiger charge is -2.09. The molecule has 0 atom stereocenters. The molecular weight excluding hydrogens is 292 g/mol. The molecule has 0 fully saturated rings. The van der Waals surface area contributed by atoms with Crippen LogP contribution in [-0.4, -0.2) is 12.1 Å². The van der Waals surface area contributed by atoms with Crippen molar-refractivity contribution < 1.29 is 4.74 Å². The van der Waals surface area contributed by atoms with Gasteiger partial charge in [0.05, 0.1) is 19.0 Å². The summed E-state index contributed by atoms with van der Waals surface area (Å²) in [6.07, 6.45) is 1.81. The van der Waals surface area contributed by atoms with Crippen LogP contribution in [0.4, 0.5) is 5.69 Å². The Morgan fingerprint density at radius 2 is 2.11 bits per heavy atom. The van der Waals surface area contributed by atoms with Gasteiger partial charge in [0.2, 0.25) is 0 Å². The van der Waals surface area contributed by atoms with Crippen molar-refractivity contribution in [2.75, 3.05) is 12.4 Å². The van der Waals surface area contributed by atoms with Crippen molar-refractivity contribution in [1.82, 2.24) is 4.98 Å². The average molecular weight is 307 g/mol. The van der Waals surface area contributed by atoms with Crippen molar-refractivity contribution in [2.24, 2.45) is 0 Å². The molecule has 2 rings (SSSR count). The molecule has 0 saturated heterocycles. The van der Waals surface area contributed by atoms with E-state index in [1.54, 1.807) is 13.3 Å². The molecule has 1 N–H and O–H groups in total. The molecule has 94 valence electrons. The van der Waals surface area contributed by atoms with Gasteiger partial charge >= 0.3 is 0 Å². The number of aromatic nitrogens is 1. The second-order valence-corrected chi connectivity index (χ2v) is 4.84. The molecule has 0 bridgehead atoms. The van der Waals surface area contributed by atoms with Crippen molar-refractivity contribution in [2.45, 2.75) is 13.5 Å². The Morgan fingerprint density at radius 1 is 1.28 bits per heavy atom. The SMILES string of the molecule is COc1ccc(CNc2ccc(Br)nc2)cc1C. The van der Waals surface area contributed by atoms with Gasteiger partial charge in [-0.05, 0) is 52.2 Å². The van der Waals surface area contributed by atoms with Crippen molar-refractivity contribution in [3.8, 4) is 5.75 Å². The van der Waals surface area contributed by atoms with Gasteiger partial charge in [-0.15, -0.1) is 0 Å². The monoisotopic (exact) mass is 306 g/mol. The molecule has 2 aromatic rings. The molecule has 0 saturated carbocycles. The first-order valence-electron chi connectivity index (χ1n) is 5.68. The fraction of sp³-hybridized carbons (Fsp3) is 0.214. The molecule has 4 heteroatoms. The summed E-state index contributed by atoms with van der Waals surface area (Å²) in [5, 5.41) is 3.33. The van der Waals surface area contributed by atoms with Crippen LogP contribution in [-0.2, 0) is 6.54 Å². The third-order valence-electron chi connectivity index (χ3n) is 2.68. The highest BCUT2D eigenvalue weighted by molar-refractivity contribution is 9.10. The number of ether oxygens (including phenoxy) is 1. The van der Waals surface area contributed by atoms with Gasteiger partial charge in [-0.25, -0.2) is 4.98 Å². The van der Waals surface area contributed by atoms with E-state index in [9.17, 15) is 0 Å². The van der Waals surface area contributed by atoms with Crippen LogP contribution < -0.4 is 10.1 Å². The van der Waals surface area contributed by atoms with E-state index in [1.165, 1.54) is 5.56 Å². The summed E-state index contributed by atoms with van der Waals surface area (Å²) >= 11 is 3.31. The summed E-state index contributed by atoms with van der Waals surface area (Å²) in [5.74, 6) is 0.920. The first kappa shape index (κ1) is 12.9. The van der Waals surface area contributed by atoms with Crippen LogP contribution in [0.2, 0.25) is 0 Å². The van der Waals surface area contributed by atoms with E-state index < -0.39 is 0 Å². The Bertz CT molecular complexity index is 526. The number of halogens is 1. The fourth-order valence-corrected chi connectivity index (χ4v) is 1.97. The predicted octanol–water partition coefficient (Wildman–Crippen LogP) is 3.77. The number of anilines is 1. The average Bonchev–Trinajstić information content (AvgIpc) is 2.38. The lowest BCUT2D eigenvalue weighted by atomic mass is 10.1. The summed E-state index contributed by atoms with van der Waals surface area (Å²) in [6, 6.07) is 10.1. The lowest BCUT2D eigenvalue weighted by Crippen LogP contribution is -2.00. The molecule has 1 heterocycles. The number of rotatable bonds is 4. The summed E-state index contributed by atoms with van der Waals surface area (Å²) in [7, 11) is 1.69. The Labute approximate surface area is 115 Å². The second-order valence-electron chi connectivity index (χ2n) is 4.03. The quantitative estimate of drug-likeness (QED) is 0.873. The number of hydrogen-bond donors (Lipinski definition) is 1. The van der Waals surface area contributed by atoms with Crippen LogP contribution in [0.5, 0.6) is 5.75 Å². The zero-order valence-corrected chi connectivity index (χ0v) is 12.0.